The van der Waals surface area contributed by atoms with E-state index < -0.39 is 0 Å². The van der Waals surface area contributed by atoms with Crippen molar-refractivity contribution in [3.05, 3.63) is 83.4 Å². The molecule has 154 valence electrons. The van der Waals surface area contributed by atoms with Gasteiger partial charge in [0.25, 0.3) is 0 Å². The number of amides is 1. The molecule has 4 rings (SSSR count). The van der Waals surface area contributed by atoms with Gasteiger partial charge in [-0.3, -0.25) is 9.58 Å². The number of halogens is 1. The molecule has 5 nitrogen and oxygen atoms in total. The summed E-state index contributed by atoms with van der Waals surface area (Å²) in [7, 11) is 0. The minimum absolute atomic E-state index is 0.150. The molecule has 1 aliphatic heterocycles. The van der Waals surface area contributed by atoms with Gasteiger partial charge in [-0.25, -0.2) is 9.18 Å². The molecule has 0 radical (unpaired) electrons. The van der Waals surface area contributed by atoms with E-state index in [4.69, 9.17) is 9.84 Å². The highest BCUT2D eigenvalue weighted by atomic mass is 19.1. The summed E-state index contributed by atoms with van der Waals surface area (Å²) in [6.07, 6.45) is 3.87. The Morgan fingerprint density at radius 3 is 2.57 bits per heavy atom. The lowest BCUT2D eigenvalue weighted by Crippen LogP contribution is -2.28. The Bertz CT molecular complexity index is 1060. The normalized spacial score (nSPS) is 13.3. The van der Waals surface area contributed by atoms with E-state index in [1.165, 1.54) is 12.1 Å². The lowest BCUT2D eigenvalue weighted by atomic mass is 10.0. The molecule has 3 aromatic rings. The molecule has 0 N–H and O–H groups in total. The molecule has 1 aromatic heterocycles. The number of carbonyl (C=O) groups excluding carboxylic acids is 1. The van der Waals surface area contributed by atoms with Crippen LogP contribution in [0, 0.1) is 5.82 Å². The number of aromatic nitrogens is 2. The maximum absolute atomic E-state index is 13.4. The van der Waals surface area contributed by atoms with Gasteiger partial charge in [-0.2, -0.15) is 5.10 Å². The fourth-order valence-corrected chi connectivity index (χ4v) is 3.54. The van der Waals surface area contributed by atoms with E-state index >= 15 is 0 Å². The fraction of sp³-hybridized carbons (Fsp3) is 0.250. The van der Waals surface area contributed by atoms with Crippen molar-refractivity contribution >= 4 is 12.2 Å². The third-order valence-electron chi connectivity index (χ3n) is 5.08. The van der Waals surface area contributed by atoms with E-state index in [1.807, 2.05) is 41.1 Å². The van der Waals surface area contributed by atoms with Crippen molar-refractivity contribution in [3.63, 3.8) is 0 Å². The van der Waals surface area contributed by atoms with Crippen LogP contribution in [-0.2, 0) is 17.8 Å². The van der Waals surface area contributed by atoms with Crippen LogP contribution in [0.3, 0.4) is 0 Å². The first-order chi connectivity index (χ1) is 14.5. The Morgan fingerprint density at radius 2 is 1.87 bits per heavy atom. The molecule has 0 saturated heterocycles. The molecule has 6 heteroatoms. The van der Waals surface area contributed by atoms with Crippen LogP contribution < -0.4 is 0 Å². The first-order valence-electron chi connectivity index (χ1n) is 10.1. The highest BCUT2D eigenvalue weighted by Crippen LogP contribution is 2.32. The molecular formula is C24H24FN3O2. The maximum atomic E-state index is 13.4. The third kappa shape index (κ3) is 4.13. The molecule has 1 amide bonds. The van der Waals surface area contributed by atoms with Crippen molar-refractivity contribution in [1.29, 1.82) is 0 Å². The molecule has 0 atom stereocenters. The van der Waals surface area contributed by atoms with E-state index in [9.17, 15) is 9.18 Å². The smallest absolute Gasteiger partial charge is 0.414 e. The highest BCUT2D eigenvalue weighted by Gasteiger charge is 2.23. The second-order valence-electron chi connectivity index (χ2n) is 7.55. The van der Waals surface area contributed by atoms with Crippen LogP contribution >= 0.6 is 0 Å². The van der Waals surface area contributed by atoms with E-state index in [0.29, 0.717) is 13.0 Å². The predicted octanol–water partition coefficient (Wildman–Crippen LogP) is 5.44. The number of ether oxygens (including phenoxy) is 1. The van der Waals surface area contributed by atoms with Crippen LogP contribution in [0.4, 0.5) is 9.18 Å². The standard InChI is InChI=1S/C24H24FN3O2/c1-17(2)28-23(19-8-10-20(25)11-9-19)21-12-14-27(15-13-22(21)26-28)24(29)30-16-18-6-4-3-5-7-18/h3-12,14,17H,13,15-16H2,1-2H3. The second-order valence-corrected chi connectivity index (χ2v) is 7.55. The van der Waals surface area contributed by atoms with Crippen LogP contribution in [-0.4, -0.2) is 27.3 Å². The van der Waals surface area contributed by atoms with Crippen molar-refractivity contribution in [1.82, 2.24) is 14.7 Å². The number of hydrogen-bond acceptors (Lipinski definition) is 3. The van der Waals surface area contributed by atoms with Crippen LogP contribution in [0.1, 0.15) is 36.7 Å². The Balaban J connectivity index is 1.58. The molecule has 0 aliphatic carbocycles. The summed E-state index contributed by atoms with van der Waals surface area (Å²) < 4.78 is 20.9. The van der Waals surface area contributed by atoms with E-state index in [1.54, 1.807) is 23.2 Å². The molecule has 0 saturated carbocycles. The summed E-state index contributed by atoms with van der Waals surface area (Å²) in [6, 6.07) is 16.2. The number of nitrogens with zero attached hydrogens (tertiary/aromatic N) is 3. The van der Waals surface area contributed by atoms with Crippen LogP contribution in [0.5, 0.6) is 0 Å². The van der Waals surface area contributed by atoms with Gasteiger partial charge in [0.05, 0.1) is 11.4 Å². The minimum atomic E-state index is -0.389. The van der Waals surface area contributed by atoms with Crippen molar-refractivity contribution < 1.29 is 13.9 Å². The highest BCUT2D eigenvalue weighted by molar-refractivity contribution is 5.77. The van der Waals surface area contributed by atoms with Gasteiger partial charge in [-0.05, 0) is 49.8 Å². The van der Waals surface area contributed by atoms with E-state index in [2.05, 4.69) is 13.8 Å². The molecule has 0 fully saturated rings. The molecule has 0 unspecified atom stereocenters. The third-order valence-corrected chi connectivity index (χ3v) is 5.08. The van der Waals surface area contributed by atoms with Gasteiger partial charge < -0.3 is 4.74 Å². The molecule has 30 heavy (non-hydrogen) atoms. The average Bonchev–Trinajstić information content (AvgIpc) is 2.99. The van der Waals surface area contributed by atoms with Crippen molar-refractivity contribution in [2.24, 2.45) is 0 Å². The summed E-state index contributed by atoms with van der Waals surface area (Å²) in [4.78, 5) is 14.1. The van der Waals surface area contributed by atoms with E-state index in [0.717, 1.165) is 28.1 Å². The second kappa shape index (κ2) is 8.53. The Kier molecular flexibility index (Phi) is 5.65. The quantitative estimate of drug-likeness (QED) is 0.581. The first-order valence-corrected chi connectivity index (χ1v) is 10.1. The topological polar surface area (TPSA) is 47.4 Å². The number of benzene rings is 2. The predicted molar refractivity (Wildman–Crippen MR) is 114 cm³/mol. The largest absolute Gasteiger partial charge is 0.444 e. The zero-order chi connectivity index (χ0) is 21.1. The molecule has 2 aromatic carbocycles. The summed E-state index contributed by atoms with van der Waals surface area (Å²) in [5, 5.41) is 4.79. The number of hydrogen-bond donors (Lipinski definition) is 0. The van der Waals surface area contributed by atoms with Gasteiger partial charge in [0, 0.05) is 36.3 Å². The Labute approximate surface area is 175 Å². The molecule has 0 spiro atoms. The van der Waals surface area contributed by atoms with Gasteiger partial charge in [-0.1, -0.05) is 30.3 Å². The van der Waals surface area contributed by atoms with Crippen LogP contribution in [0.15, 0.2) is 60.8 Å². The molecule has 0 bridgehead atoms. The fourth-order valence-electron chi connectivity index (χ4n) is 3.54. The van der Waals surface area contributed by atoms with Gasteiger partial charge in [0.2, 0.25) is 0 Å². The average molecular weight is 405 g/mol. The zero-order valence-electron chi connectivity index (χ0n) is 17.1. The summed E-state index contributed by atoms with van der Waals surface area (Å²) in [5.41, 5.74) is 4.63. The zero-order valence-corrected chi connectivity index (χ0v) is 17.1. The van der Waals surface area contributed by atoms with Gasteiger partial charge in [-0.15, -0.1) is 0 Å². The van der Waals surface area contributed by atoms with Gasteiger partial charge in [0.15, 0.2) is 0 Å². The summed E-state index contributed by atoms with van der Waals surface area (Å²) >= 11 is 0. The lowest BCUT2D eigenvalue weighted by Gasteiger charge is -2.17. The van der Waals surface area contributed by atoms with Crippen LogP contribution in [0.25, 0.3) is 17.3 Å². The van der Waals surface area contributed by atoms with Crippen LogP contribution in [0.2, 0.25) is 0 Å². The summed E-state index contributed by atoms with van der Waals surface area (Å²) in [6.45, 7) is 4.84. The minimum Gasteiger partial charge on any atom is -0.444 e. The van der Waals surface area contributed by atoms with Crippen molar-refractivity contribution in [2.45, 2.75) is 32.9 Å². The van der Waals surface area contributed by atoms with Crippen molar-refractivity contribution in [3.8, 4) is 11.3 Å². The number of carbonyl (C=O) groups is 1. The molecule has 2 heterocycles. The Hall–Kier alpha value is -3.41. The molecule has 1 aliphatic rings. The lowest BCUT2D eigenvalue weighted by molar-refractivity contribution is 0.111. The first kappa shape index (κ1) is 19.9. The van der Waals surface area contributed by atoms with Gasteiger partial charge >= 0.3 is 6.09 Å². The monoisotopic (exact) mass is 405 g/mol. The molecular weight excluding hydrogens is 381 g/mol. The van der Waals surface area contributed by atoms with Crippen molar-refractivity contribution in [2.75, 3.05) is 6.54 Å². The SMILES string of the molecule is CC(C)n1nc2c(c1-c1ccc(F)cc1)C=CN(C(=O)OCc1ccccc1)CC2. The summed E-state index contributed by atoms with van der Waals surface area (Å²) in [5.74, 6) is -0.275. The van der Waals surface area contributed by atoms with E-state index in [-0.39, 0.29) is 24.6 Å². The van der Waals surface area contributed by atoms with Gasteiger partial charge in [0.1, 0.15) is 12.4 Å². The number of fused-ring (bicyclic) bond motifs is 1. The Morgan fingerprint density at radius 1 is 1.13 bits per heavy atom. The maximum Gasteiger partial charge on any atom is 0.414 e. The number of rotatable bonds is 4.